The molecule has 0 atom stereocenters. The maximum Gasteiger partial charge on any atom is 0.251 e. The zero-order chi connectivity index (χ0) is 11.0. The molecule has 2 heteroatoms. The molecule has 1 aromatic carbocycles. The molecule has 0 radical (unpaired) electrons. The van der Waals surface area contributed by atoms with Gasteiger partial charge >= 0.3 is 0 Å². The van der Waals surface area contributed by atoms with Crippen molar-refractivity contribution in [3.05, 3.63) is 35.4 Å². The van der Waals surface area contributed by atoms with Gasteiger partial charge < -0.3 is 5.32 Å². The van der Waals surface area contributed by atoms with E-state index in [2.05, 4.69) is 5.32 Å². The van der Waals surface area contributed by atoms with Gasteiger partial charge in [0.15, 0.2) is 0 Å². The second-order valence-electron chi connectivity index (χ2n) is 2.34. The van der Waals surface area contributed by atoms with Gasteiger partial charge in [0.25, 0.3) is 5.91 Å². The summed E-state index contributed by atoms with van der Waals surface area (Å²) < 4.78 is 0. The molecule has 1 heterocycles. The molecule has 0 saturated carbocycles. The molecule has 0 unspecified atom stereocenters. The Morgan fingerprint density at radius 1 is 1.07 bits per heavy atom. The van der Waals surface area contributed by atoms with Crippen molar-refractivity contribution >= 4 is 5.91 Å². The van der Waals surface area contributed by atoms with E-state index in [1.54, 1.807) is 0 Å². The van der Waals surface area contributed by atoms with Crippen LogP contribution in [0.25, 0.3) is 0 Å². The molecule has 1 amide bonds. The van der Waals surface area contributed by atoms with Crippen molar-refractivity contribution < 1.29 is 4.79 Å². The molecule has 0 saturated heterocycles. The molecular weight excluding hydrogens is 186 g/mol. The number of hydrogen-bond donors (Lipinski definition) is 1. The molecule has 0 aromatic heterocycles. The minimum absolute atomic E-state index is 0. The van der Waals surface area contributed by atoms with Crippen molar-refractivity contribution in [1.29, 1.82) is 0 Å². The molecule has 2 nitrogen and oxygen atoms in total. The number of fused-ring (bicyclic) bond motifs is 1. The molecule has 1 aliphatic heterocycles. The van der Waals surface area contributed by atoms with Crippen molar-refractivity contribution in [2.24, 2.45) is 0 Å². The Morgan fingerprint density at radius 2 is 1.60 bits per heavy atom. The Morgan fingerprint density at radius 3 is 2.13 bits per heavy atom. The van der Waals surface area contributed by atoms with E-state index in [9.17, 15) is 4.79 Å². The summed E-state index contributed by atoms with van der Waals surface area (Å²) >= 11 is 0. The molecule has 1 aliphatic rings. The van der Waals surface area contributed by atoms with E-state index in [4.69, 9.17) is 0 Å². The Bertz CT molecular complexity index is 282. The number of benzene rings is 1. The fourth-order valence-electron chi connectivity index (χ4n) is 1.17. The SMILES string of the molecule is C.CC.CC.O=C1NCc2ccccc21. The van der Waals surface area contributed by atoms with Crippen LogP contribution in [0.15, 0.2) is 24.3 Å². The first-order chi connectivity index (χ1) is 6.88. The minimum atomic E-state index is 0. The molecular formula is C13H23NO. The second-order valence-corrected chi connectivity index (χ2v) is 2.34. The van der Waals surface area contributed by atoms with Crippen molar-refractivity contribution in [3.63, 3.8) is 0 Å². The van der Waals surface area contributed by atoms with Gasteiger partial charge in [-0.2, -0.15) is 0 Å². The van der Waals surface area contributed by atoms with Crippen LogP contribution in [0.5, 0.6) is 0 Å². The average molecular weight is 209 g/mol. The van der Waals surface area contributed by atoms with Crippen molar-refractivity contribution in [3.8, 4) is 0 Å². The summed E-state index contributed by atoms with van der Waals surface area (Å²) in [5, 5.41) is 2.75. The zero-order valence-electron chi connectivity index (χ0n) is 9.42. The highest BCUT2D eigenvalue weighted by Gasteiger charge is 2.16. The molecule has 0 spiro atoms. The van der Waals surface area contributed by atoms with Crippen LogP contribution >= 0.6 is 0 Å². The Kier molecular flexibility index (Phi) is 9.95. The number of rotatable bonds is 0. The van der Waals surface area contributed by atoms with Crippen LogP contribution in [-0.4, -0.2) is 5.91 Å². The Balaban J connectivity index is 0. The van der Waals surface area contributed by atoms with Crippen LogP contribution in [0.1, 0.15) is 51.0 Å². The van der Waals surface area contributed by atoms with Gasteiger partial charge in [0.05, 0.1) is 0 Å². The molecule has 0 aliphatic carbocycles. The van der Waals surface area contributed by atoms with E-state index in [0.29, 0.717) is 6.54 Å². The molecule has 86 valence electrons. The van der Waals surface area contributed by atoms with Gasteiger partial charge in [0.2, 0.25) is 0 Å². The van der Waals surface area contributed by atoms with Crippen LogP contribution < -0.4 is 5.32 Å². The fraction of sp³-hybridized carbons (Fsp3) is 0.462. The van der Waals surface area contributed by atoms with Gasteiger partial charge in [0.1, 0.15) is 0 Å². The molecule has 1 aromatic rings. The maximum absolute atomic E-state index is 11.0. The summed E-state index contributed by atoms with van der Waals surface area (Å²) in [5.41, 5.74) is 1.93. The molecule has 2 rings (SSSR count). The Labute approximate surface area is 93.7 Å². The van der Waals surface area contributed by atoms with E-state index in [1.807, 2.05) is 52.0 Å². The highest BCUT2D eigenvalue weighted by Crippen LogP contribution is 2.13. The van der Waals surface area contributed by atoms with E-state index >= 15 is 0 Å². The van der Waals surface area contributed by atoms with E-state index in [0.717, 1.165) is 11.1 Å². The van der Waals surface area contributed by atoms with Crippen LogP contribution in [0.3, 0.4) is 0 Å². The third kappa shape index (κ3) is 4.15. The predicted octanol–water partition coefficient (Wildman–Crippen LogP) is 3.62. The summed E-state index contributed by atoms with van der Waals surface area (Å²) in [6, 6.07) is 7.63. The predicted molar refractivity (Wildman–Crippen MR) is 67.0 cm³/mol. The van der Waals surface area contributed by atoms with Crippen molar-refractivity contribution in [2.75, 3.05) is 0 Å². The minimum Gasteiger partial charge on any atom is -0.348 e. The second kappa shape index (κ2) is 9.25. The van der Waals surface area contributed by atoms with Gasteiger partial charge in [0, 0.05) is 12.1 Å². The third-order valence-corrected chi connectivity index (χ3v) is 1.70. The zero-order valence-corrected chi connectivity index (χ0v) is 9.42. The van der Waals surface area contributed by atoms with Crippen LogP contribution in [0, 0.1) is 0 Å². The summed E-state index contributed by atoms with van der Waals surface area (Å²) in [6.45, 7) is 8.69. The standard InChI is InChI=1S/C8H7NO.2C2H6.CH4/c10-8-7-4-2-1-3-6(7)5-9-8;2*1-2;/h1-4H,5H2,(H,9,10);2*1-2H3;1H4. The Hall–Kier alpha value is -1.31. The van der Waals surface area contributed by atoms with Crippen LogP contribution in [0.2, 0.25) is 0 Å². The van der Waals surface area contributed by atoms with E-state index < -0.39 is 0 Å². The van der Waals surface area contributed by atoms with Crippen LogP contribution in [0.4, 0.5) is 0 Å². The fourth-order valence-corrected chi connectivity index (χ4v) is 1.17. The molecule has 0 bridgehead atoms. The van der Waals surface area contributed by atoms with Gasteiger partial charge in [-0.25, -0.2) is 0 Å². The first-order valence-corrected chi connectivity index (χ1v) is 5.24. The van der Waals surface area contributed by atoms with E-state index in [1.165, 1.54) is 0 Å². The number of carbonyl (C=O) groups excluding carboxylic acids is 1. The first kappa shape index (κ1) is 16.1. The van der Waals surface area contributed by atoms with Crippen molar-refractivity contribution in [1.82, 2.24) is 5.32 Å². The van der Waals surface area contributed by atoms with Gasteiger partial charge in [-0.05, 0) is 11.6 Å². The lowest BCUT2D eigenvalue weighted by Gasteiger charge is -1.89. The van der Waals surface area contributed by atoms with Crippen molar-refractivity contribution in [2.45, 2.75) is 41.7 Å². The summed E-state index contributed by atoms with van der Waals surface area (Å²) in [5.74, 6) is 0.0515. The molecule has 1 N–H and O–H groups in total. The summed E-state index contributed by atoms with van der Waals surface area (Å²) in [4.78, 5) is 11.0. The smallest absolute Gasteiger partial charge is 0.251 e. The largest absolute Gasteiger partial charge is 0.348 e. The highest BCUT2D eigenvalue weighted by atomic mass is 16.1. The quantitative estimate of drug-likeness (QED) is 0.694. The number of amides is 1. The third-order valence-electron chi connectivity index (χ3n) is 1.70. The average Bonchev–Trinajstić information content (AvgIpc) is 2.67. The lowest BCUT2D eigenvalue weighted by molar-refractivity contribution is 0.0966. The lowest BCUT2D eigenvalue weighted by Crippen LogP contribution is -2.12. The number of nitrogens with one attached hydrogen (secondary N) is 1. The molecule has 15 heavy (non-hydrogen) atoms. The first-order valence-electron chi connectivity index (χ1n) is 5.24. The summed E-state index contributed by atoms with van der Waals surface area (Å²) in [6.07, 6.45) is 0. The van der Waals surface area contributed by atoms with Gasteiger partial charge in [-0.1, -0.05) is 53.3 Å². The lowest BCUT2D eigenvalue weighted by atomic mass is 10.1. The van der Waals surface area contributed by atoms with E-state index in [-0.39, 0.29) is 13.3 Å². The number of hydrogen-bond acceptors (Lipinski definition) is 1. The van der Waals surface area contributed by atoms with Gasteiger partial charge in [-0.3, -0.25) is 4.79 Å². The molecule has 0 fully saturated rings. The topological polar surface area (TPSA) is 29.1 Å². The van der Waals surface area contributed by atoms with Gasteiger partial charge in [-0.15, -0.1) is 0 Å². The highest BCUT2D eigenvalue weighted by molar-refractivity contribution is 5.98. The maximum atomic E-state index is 11.0. The monoisotopic (exact) mass is 209 g/mol. The normalized spacial score (nSPS) is 10.5. The number of carbonyl (C=O) groups is 1. The van der Waals surface area contributed by atoms with Crippen LogP contribution in [-0.2, 0) is 6.54 Å². The summed E-state index contributed by atoms with van der Waals surface area (Å²) in [7, 11) is 0.